The van der Waals surface area contributed by atoms with E-state index in [0.717, 1.165) is 23.1 Å². The normalized spacial score (nSPS) is 13.6. The molecule has 6 heteroatoms. The number of methoxy groups -OCH3 is 1. The number of ether oxygens (including phenoxy) is 1. The summed E-state index contributed by atoms with van der Waals surface area (Å²) in [6.07, 6.45) is 4.25. The van der Waals surface area contributed by atoms with E-state index in [1.807, 2.05) is 80.3 Å². The Morgan fingerprint density at radius 1 is 0.971 bits per heavy atom. The number of hydrogen-bond acceptors (Lipinski definition) is 5. The molecule has 6 nitrogen and oxygen atoms in total. The van der Waals surface area contributed by atoms with Gasteiger partial charge in [0.15, 0.2) is 0 Å². The molecule has 0 N–H and O–H groups in total. The van der Waals surface area contributed by atoms with Crippen LogP contribution < -0.4 is 9.64 Å². The highest BCUT2D eigenvalue weighted by atomic mass is 16.5. The monoisotopic (exact) mass is 455 g/mol. The number of aromatic nitrogens is 1. The van der Waals surface area contributed by atoms with Gasteiger partial charge in [-0.25, -0.2) is 4.90 Å². The van der Waals surface area contributed by atoms with Crippen molar-refractivity contribution in [2.45, 2.75) is 27.2 Å². The van der Waals surface area contributed by atoms with Crippen LogP contribution in [0, 0.1) is 13.8 Å². The van der Waals surface area contributed by atoms with Crippen molar-refractivity contribution in [3.05, 3.63) is 94.9 Å². The van der Waals surface area contributed by atoms with Crippen molar-refractivity contribution in [2.75, 3.05) is 25.1 Å². The van der Waals surface area contributed by atoms with Crippen molar-refractivity contribution >= 4 is 23.1 Å². The molecule has 0 unspecified atom stereocenters. The number of carbonyl (C=O) groups excluding carboxylic acids is 2. The Morgan fingerprint density at radius 2 is 1.71 bits per heavy atom. The Labute approximate surface area is 200 Å². The molecule has 3 aromatic rings. The third kappa shape index (κ3) is 4.31. The van der Waals surface area contributed by atoms with Crippen LogP contribution in [0.5, 0.6) is 5.75 Å². The maximum atomic E-state index is 13.9. The Kier molecular flexibility index (Phi) is 6.77. The van der Waals surface area contributed by atoms with Gasteiger partial charge in [0.25, 0.3) is 11.8 Å². The van der Waals surface area contributed by atoms with E-state index in [9.17, 15) is 9.59 Å². The third-order valence-corrected chi connectivity index (χ3v) is 6.16. The van der Waals surface area contributed by atoms with E-state index in [1.165, 1.54) is 4.90 Å². The summed E-state index contributed by atoms with van der Waals surface area (Å²) in [5, 5.41) is 0. The molecule has 34 heavy (non-hydrogen) atoms. The zero-order valence-electron chi connectivity index (χ0n) is 20.0. The summed E-state index contributed by atoms with van der Waals surface area (Å²) < 4.78 is 5.57. The van der Waals surface area contributed by atoms with Crippen LogP contribution in [0.15, 0.2) is 72.7 Å². The molecule has 0 radical (unpaired) electrons. The van der Waals surface area contributed by atoms with E-state index in [2.05, 4.69) is 4.98 Å². The summed E-state index contributed by atoms with van der Waals surface area (Å²) >= 11 is 0. The molecular formula is C28H29N3O3. The number of likely N-dealkylation sites (N-methyl/N-ethyl adjacent to an activating group) is 1. The summed E-state index contributed by atoms with van der Waals surface area (Å²) in [7, 11) is 1.57. The Bertz CT molecular complexity index is 1250. The van der Waals surface area contributed by atoms with Gasteiger partial charge in [-0.05, 0) is 68.1 Å². The number of amides is 2. The molecule has 0 aliphatic carbocycles. The van der Waals surface area contributed by atoms with Crippen molar-refractivity contribution in [1.82, 2.24) is 9.88 Å². The first-order valence-electron chi connectivity index (χ1n) is 11.4. The van der Waals surface area contributed by atoms with Crippen LogP contribution >= 0.6 is 0 Å². The highest BCUT2D eigenvalue weighted by Crippen LogP contribution is 2.39. The number of imide groups is 1. The van der Waals surface area contributed by atoms with Crippen LogP contribution in [0.1, 0.15) is 29.2 Å². The van der Waals surface area contributed by atoms with Gasteiger partial charge in [0.05, 0.1) is 18.4 Å². The van der Waals surface area contributed by atoms with Crippen LogP contribution in [0.25, 0.3) is 5.57 Å². The summed E-state index contributed by atoms with van der Waals surface area (Å²) in [6.45, 7) is 7.04. The summed E-state index contributed by atoms with van der Waals surface area (Å²) in [4.78, 5) is 35.2. The zero-order chi connectivity index (χ0) is 24.2. The first-order valence-corrected chi connectivity index (χ1v) is 11.4. The fraction of sp³-hybridized carbons (Fsp3) is 0.250. The standard InChI is InChI=1S/C28H29N3O3/c1-5-30(17-14-21-12-15-29-16-13-21)26-25(22-8-6-7-9-24(22)34-4)27(32)31(28(26)33)23-18-19(2)10-11-20(23)3/h6-13,15-16,18H,5,14,17H2,1-4H3. The minimum absolute atomic E-state index is 0.309. The van der Waals surface area contributed by atoms with E-state index < -0.39 is 0 Å². The molecule has 0 fully saturated rings. The van der Waals surface area contributed by atoms with Crippen LogP contribution in [0.4, 0.5) is 5.69 Å². The number of para-hydroxylation sites is 1. The lowest BCUT2D eigenvalue weighted by atomic mass is 10.0. The summed E-state index contributed by atoms with van der Waals surface area (Å²) in [5.74, 6) is -0.0825. The molecule has 1 aromatic heterocycles. The van der Waals surface area contributed by atoms with E-state index in [1.54, 1.807) is 19.5 Å². The van der Waals surface area contributed by atoms with Gasteiger partial charge in [-0.1, -0.05) is 30.3 Å². The lowest BCUT2D eigenvalue weighted by Gasteiger charge is -2.25. The molecule has 0 spiro atoms. The molecular weight excluding hydrogens is 426 g/mol. The number of nitrogens with zero attached hydrogens (tertiary/aromatic N) is 3. The van der Waals surface area contributed by atoms with Crippen LogP contribution in [-0.4, -0.2) is 41.9 Å². The van der Waals surface area contributed by atoms with Crippen LogP contribution in [0.2, 0.25) is 0 Å². The van der Waals surface area contributed by atoms with E-state index >= 15 is 0 Å². The summed E-state index contributed by atoms with van der Waals surface area (Å²) in [5.41, 5.74) is 4.99. The Morgan fingerprint density at radius 3 is 2.41 bits per heavy atom. The van der Waals surface area contributed by atoms with Crippen molar-refractivity contribution < 1.29 is 14.3 Å². The van der Waals surface area contributed by atoms with Gasteiger partial charge in [0.1, 0.15) is 11.4 Å². The van der Waals surface area contributed by atoms with E-state index in [0.29, 0.717) is 41.4 Å². The maximum Gasteiger partial charge on any atom is 0.282 e. The number of carbonyl (C=O) groups is 2. The van der Waals surface area contributed by atoms with Crippen molar-refractivity contribution in [3.8, 4) is 5.75 Å². The second kappa shape index (κ2) is 9.91. The van der Waals surface area contributed by atoms with E-state index in [-0.39, 0.29) is 11.8 Å². The highest BCUT2D eigenvalue weighted by Gasteiger charge is 2.43. The molecule has 0 saturated carbocycles. The van der Waals surface area contributed by atoms with Gasteiger partial charge >= 0.3 is 0 Å². The third-order valence-electron chi connectivity index (χ3n) is 6.16. The number of aryl methyl sites for hydroxylation is 2. The smallest absolute Gasteiger partial charge is 0.282 e. The molecule has 1 aliphatic rings. The largest absolute Gasteiger partial charge is 0.496 e. The molecule has 0 bridgehead atoms. The quantitative estimate of drug-likeness (QED) is 0.466. The molecule has 2 aromatic carbocycles. The molecule has 1 aliphatic heterocycles. The maximum absolute atomic E-state index is 13.9. The average molecular weight is 456 g/mol. The minimum Gasteiger partial charge on any atom is -0.496 e. The SMILES string of the molecule is CCN(CCc1ccncc1)C1=C(c2ccccc2OC)C(=O)N(c2cc(C)ccc2C)C1=O. The summed E-state index contributed by atoms with van der Waals surface area (Å²) in [6, 6.07) is 17.1. The van der Waals surface area contributed by atoms with Crippen molar-refractivity contribution in [3.63, 3.8) is 0 Å². The van der Waals surface area contributed by atoms with Gasteiger partial charge in [0, 0.05) is 31.0 Å². The minimum atomic E-state index is -0.333. The van der Waals surface area contributed by atoms with Crippen molar-refractivity contribution in [2.24, 2.45) is 0 Å². The topological polar surface area (TPSA) is 62.7 Å². The van der Waals surface area contributed by atoms with Crippen LogP contribution in [0.3, 0.4) is 0 Å². The second-order valence-electron chi connectivity index (χ2n) is 8.34. The number of rotatable bonds is 8. The second-order valence-corrected chi connectivity index (χ2v) is 8.34. The molecule has 0 atom stereocenters. The molecule has 0 saturated heterocycles. The predicted molar refractivity (Wildman–Crippen MR) is 134 cm³/mol. The number of anilines is 1. The molecule has 2 heterocycles. The molecule has 2 amide bonds. The number of pyridine rings is 1. The van der Waals surface area contributed by atoms with Gasteiger partial charge in [-0.15, -0.1) is 0 Å². The highest BCUT2D eigenvalue weighted by molar-refractivity contribution is 6.45. The van der Waals surface area contributed by atoms with Gasteiger partial charge in [-0.3, -0.25) is 14.6 Å². The lowest BCUT2D eigenvalue weighted by molar-refractivity contribution is -0.120. The fourth-order valence-corrected chi connectivity index (χ4v) is 4.33. The van der Waals surface area contributed by atoms with Gasteiger partial charge in [-0.2, -0.15) is 0 Å². The average Bonchev–Trinajstić information content (AvgIpc) is 3.11. The number of benzene rings is 2. The fourth-order valence-electron chi connectivity index (χ4n) is 4.33. The van der Waals surface area contributed by atoms with Gasteiger partial charge in [0.2, 0.25) is 0 Å². The van der Waals surface area contributed by atoms with Gasteiger partial charge < -0.3 is 9.64 Å². The lowest BCUT2D eigenvalue weighted by Crippen LogP contribution is -2.36. The molecule has 4 rings (SSSR count). The Balaban J connectivity index is 1.83. The van der Waals surface area contributed by atoms with Crippen LogP contribution in [-0.2, 0) is 16.0 Å². The first-order chi connectivity index (χ1) is 16.5. The Hall–Kier alpha value is -3.93. The predicted octanol–water partition coefficient (Wildman–Crippen LogP) is 4.56. The number of hydrogen-bond donors (Lipinski definition) is 0. The molecule has 174 valence electrons. The first kappa shape index (κ1) is 23.2. The van der Waals surface area contributed by atoms with Crippen molar-refractivity contribution in [1.29, 1.82) is 0 Å². The zero-order valence-corrected chi connectivity index (χ0v) is 20.0. The van der Waals surface area contributed by atoms with E-state index in [4.69, 9.17) is 4.74 Å².